The quantitative estimate of drug-likeness (QED) is 0.596. The first-order valence-electron chi connectivity index (χ1n) is 6.93. The van der Waals surface area contributed by atoms with Crippen LogP contribution in [0.2, 0.25) is 0 Å². The van der Waals surface area contributed by atoms with Gasteiger partial charge >= 0.3 is 6.09 Å². The van der Waals surface area contributed by atoms with Gasteiger partial charge in [0, 0.05) is 18.8 Å². The van der Waals surface area contributed by atoms with Crippen molar-refractivity contribution >= 4 is 29.2 Å². The van der Waals surface area contributed by atoms with Gasteiger partial charge in [-0.2, -0.15) is 4.79 Å². The molecule has 0 bridgehead atoms. The monoisotopic (exact) mass is 301 g/mol. The van der Waals surface area contributed by atoms with E-state index < -0.39 is 5.60 Å². The van der Waals surface area contributed by atoms with Crippen LogP contribution in [0.1, 0.15) is 40.5 Å². The minimum Gasteiger partial charge on any atom is -0.414 e. The van der Waals surface area contributed by atoms with E-state index in [2.05, 4.69) is 5.32 Å². The normalized spacial score (nSPS) is 26.8. The average Bonchev–Trinajstić information content (AvgIpc) is 2.26. The molecule has 1 heterocycles. The molecule has 0 aromatic heterocycles. The molecule has 1 aliphatic heterocycles. The van der Waals surface area contributed by atoms with Crippen LogP contribution in [0.4, 0.5) is 4.79 Å². The van der Waals surface area contributed by atoms with Crippen molar-refractivity contribution < 1.29 is 18.8 Å². The zero-order valence-corrected chi connectivity index (χ0v) is 13.8. The predicted molar refractivity (Wildman–Crippen MR) is 81.3 cm³/mol. The molecule has 1 rings (SSSR count). The molecule has 114 valence electrons. The third-order valence-electron chi connectivity index (χ3n) is 3.45. The molecule has 20 heavy (non-hydrogen) atoms. The summed E-state index contributed by atoms with van der Waals surface area (Å²) in [5.74, 6) is -0.102. The fraction of sp³-hybridized carbons (Fsp3) is 0.786. The third-order valence-corrected chi connectivity index (χ3v) is 3.55. The summed E-state index contributed by atoms with van der Waals surface area (Å²) in [6.07, 6.45) is 1.12. The van der Waals surface area contributed by atoms with Crippen LogP contribution >= 0.6 is 12.2 Å². The highest BCUT2D eigenvalue weighted by Crippen LogP contribution is 2.25. The first-order valence-corrected chi connectivity index (χ1v) is 7.34. The number of hydrogen-bond acceptors (Lipinski definition) is 4. The number of ether oxygens (including phenoxy) is 1. The van der Waals surface area contributed by atoms with Gasteiger partial charge in [-0.25, -0.2) is 4.48 Å². The Labute approximate surface area is 126 Å². The van der Waals surface area contributed by atoms with Crippen molar-refractivity contribution in [3.63, 3.8) is 0 Å². The summed E-state index contributed by atoms with van der Waals surface area (Å²) in [6.45, 7) is 8.50. The van der Waals surface area contributed by atoms with Crippen molar-refractivity contribution in [1.29, 1.82) is 0 Å². The zero-order chi connectivity index (χ0) is 15.6. The first kappa shape index (κ1) is 17.0. The van der Waals surface area contributed by atoms with Gasteiger partial charge in [0.05, 0.1) is 25.1 Å². The molecule has 0 spiro atoms. The molecule has 2 amide bonds. The van der Waals surface area contributed by atoms with E-state index >= 15 is 0 Å². The SMILES string of the molecule is CC(=S)NC(=O)C1CC[N+](C)(C(=O)OC(C)(C)C)CC1. The van der Waals surface area contributed by atoms with Gasteiger partial charge in [0.25, 0.3) is 0 Å². The summed E-state index contributed by atoms with van der Waals surface area (Å²) in [5.41, 5.74) is -0.485. The largest absolute Gasteiger partial charge is 0.516 e. The van der Waals surface area contributed by atoms with Crippen molar-refractivity contribution in [3.8, 4) is 0 Å². The van der Waals surface area contributed by atoms with Crippen molar-refractivity contribution in [2.24, 2.45) is 5.92 Å². The number of nitrogens with zero attached hydrogens (tertiary/aromatic N) is 1. The van der Waals surface area contributed by atoms with Crippen LogP contribution in [0.5, 0.6) is 0 Å². The molecule has 0 aromatic rings. The summed E-state index contributed by atoms with van der Waals surface area (Å²) in [7, 11) is 1.87. The van der Waals surface area contributed by atoms with E-state index in [-0.39, 0.29) is 22.4 Å². The molecule has 1 N–H and O–H groups in total. The van der Waals surface area contributed by atoms with E-state index in [0.717, 1.165) is 0 Å². The maximum absolute atomic E-state index is 12.2. The number of quaternary nitrogens is 1. The highest BCUT2D eigenvalue weighted by molar-refractivity contribution is 7.80. The van der Waals surface area contributed by atoms with Crippen LogP contribution in [-0.4, -0.2) is 47.2 Å². The molecule has 0 radical (unpaired) electrons. The Balaban J connectivity index is 2.58. The molecule has 0 unspecified atom stereocenters. The fourth-order valence-electron chi connectivity index (χ4n) is 2.23. The number of carbonyl (C=O) groups excluding carboxylic acids is 2. The molecule has 1 saturated heterocycles. The lowest BCUT2D eigenvalue weighted by molar-refractivity contribution is -0.844. The van der Waals surface area contributed by atoms with Gasteiger partial charge in [-0.3, -0.25) is 4.79 Å². The number of carbonyl (C=O) groups is 2. The van der Waals surface area contributed by atoms with Gasteiger partial charge < -0.3 is 10.1 Å². The van der Waals surface area contributed by atoms with Gasteiger partial charge in [0.2, 0.25) is 5.91 Å². The summed E-state index contributed by atoms with van der Waals surface area (Å²) in [5, 5.41) is 2.68. The van der Waals surface area contributed by atoms with Gasteiger partial charge in [-0.05, 0) is 27.7 Å². The lowest BCUT2D eigenvalue weighted by atomic mass is 9.94. The number of nitrogens with one attached hydrogen (secondary N) is 1. The molecule has 1 fully saturated rings. The topological polar surface area (TPSA) is 55.4 Å². The van der Waals surface area contributed by atoms with Crippen molar-refractivity contribution in [3.05, 3.63) is 0 Å². The number of thiocarbonyl (C=S) groups is 1. The molecule has 5 nitrogen and oxygen atoms in total. The highest BCUT2D eigenvalue weighted by Gasteiger charge is 2.41. The third kappa shape index (κ3) is 4.83. The van der Waals surface area contributed by atoms with E-state index in [9.17, 15) is 9.59 Å². The molecule has 6 heteroatoms. The second-order valence-electron chi connectivity index (χ2n) is 6.64. The van der Waals surface area contributed by atoms with Crippen LogP contribution < -0.4 is 5.32 Å². The number of amides is 2. The Bertz CT molecular complexity index is 407. The van der Waals surface area contributed by atoms with E-state index in [1.54, 1.807) is 6.92 Å². The Hall–Kier alpha value is -1.01. The Morgan fingerprint density at radius 2 is 1.75 bits per heavy atom. The van der Waals surface area contributed by atoms with Crippen molar-refractivity contribution in [2.75, 3.05) is 20.1 Å². The van der Waals surface area contributed by atoms with Gasteiger partial charge in [-0.15, -0.1) is 0 Å². The minimum absolute atomic E-state index is 0.0343. The molecule has 0 atom stereocenters. The summed E-state index contributed by atoms with van der Waals surface area (Å²) in [4.78, 5) is 24.6. The Morgan fingerprint density at radius 3 is 2.15 bits per heavy atom. The van der Waals surface area contributed by atoms with E-state index in [1.807, 2.05) is 27.8 Å². The number of piperidine rings is 1. The zero-order valence-electron chi connectivity index (χ0n) is 13.0. The summed E-state index contributed by atoms with van der Waals surface area (Å²) < 4.78 is 5.69. The van der Waals surface area contributed by atoms with Gasteiger partial charge in [0.15, 0.2) is 0 Å². The number of likely N-dealkylation sites (tertiary alicyclic amines) is 1. The summed E-state index contributed by atoms with van der Waals surface area (Å²) in [6, 6.07) is 0. The van der Waals surface area contributed by atoms with E-state index in [1.165, 1.54) is 0 Å². The second-order valence-corrected chi connectivity index (χ2v) is 7.26. The van der Waals surface area contributed by atoms with Crippen molar-refractivity contribution in [1.82, 2.24) is 5.32 Å². The smallest absolute Gasteiger partial charge is 0.414 e. The molecule has 0 aromatic carbocycles. The van der Waals surface area contributed by atoms with E-state index in [4.69, 9.17) is 17.0 Å². The minimum atomic E-state index is -0.485. The molecule has 0 aliphatic carbocycles. The lowest BCUT2D eigenvalue weighted by Gasteiger charge is -2.37. The van der Waals surface area contributed by atoms with Crippen LogP contribution in [0.25, 0.3) is 0 Å². The molecule has 1 aliphatic rings. The molecular weight excluding hydrogens is 276 g/mol. The van der Waals surface area contributed by atoms with Gasteiger partial charge in [0.1, 0.15) is 5.60 Å². The highest BCUT2D eigenvalue weighted by atomic mass is 32.1. The van der Waals surface area contributed by atoms with Crippen LogP contribution in [0.3, 0.4) is 0 Å². The second kappa shape index (κ2) is 6.18. The lowest BCUT2D eigenvalue weighted by Crippen LogP contribution is -2.56. The molecular formula is C14H25N2O3S+. The van der Waals surface area contributed by atoms with Crippen LogP contribution in [0, 0.1) is 5.92 Å². The van der Waals surface area contributed by atoms with Gasteiger partial charge in [-0.1, -0.05) is 12.2 Å². The standard InChI is InChI=1S/C14H24N2O3S/c1-10(20)15-12(17)11-6-8-16(5,9-7-11)13(18)19-14(2,3)4/h11H,6-9H2,1-5H3/p+1. The maximum Gasteiger partial charge on any atom is 0.516 e. The predicted octanol–water partition coefficient (Wildman–Crippen LogP) is 2.24. The Morgan fingerprint density at radius 1 is 1.25 bits per heavy atom. The van der Waals surface area contributed by atoms with Crippen LogP contribution in [0.15, 0.2) is 0 Å². The first-order chi connectivity index (χ1) is 9.03. The summed E-state index contributed by atoms with van der Waals surface area (Å²) >= 11 is 4.88. The number of hydrogen-bond donors (Lipinski definition) is 1. The Kier molecular flexibility index (Phi) is 5.27. The maximum atomic E-state index is 12.2. The van der Waals surface area contributed by atoms with E-state index in [0.29, 0.717) is 30.9 Å². The fourth-order valence-corrected chi connectivity index (χ4v) is 2.33. The number of rotatable bonds is 1. The molecule has 0 saturated carbocycles. The average molecular weight is 301 g/mol. The van der Waals surface area contributed by atoms with Crippen LogP contribution in [-0.2, 0) is 9.53 Å². The van der Waals surface area contributed by atoms with Crippen molar-refractivity contribution in [2.45, 2.75) is 46.1 Å².